The van der Waals surface area contributed by atoms with Gasteiger partial charge in [-0.15, -0.1) is 0 Å². The van der Waals surface area contributed by atoms with Crippen molar-refractivity contribution in [2.24, 2.45) is 5.92 Å². The number of hydrogen-bond acceptors (Lipinski definition) is 5. The van der Waals surface area contributed by atoms with Gasteiger partial charge in [-0.25, -0.2) is 13.2 Å². The van der Waals surface area contributed by atoms with Gasteiger partial charge in [0, 0.05) is 13.6 Å². The topological polar surface area (TPSA) is 87.5 Å². The standard InChI is InChI=1S/C14H18N2O4S/c1-4-20-14(17)12-5-7-13(8-6-12)21(18,19)16(3)10-11(2)9-15/h5-8,11H,4,10H2,1-3H3. The minimum atomic E-state index is -3.67. The molecule has 0 spiro atoms. The largest absolute Gasteiger partial charge is 0.462 e. The average molecular weight is 310 g/mol. The molecular formula is C14H18N2O4S. The van der Waals surface area contributed by atoms with Gasteiger partial charge >= 0.3 is 5.97 Å². The number of sulfonamides is 1. The van der Waals surface area contributed by atoms with Gasteiger partial charge in [-0.2, -0.15) is 9.57 Å². The highest BCUT2D eigenvalue weighted by Crippen LogP contribution is 2.16. The summed E-state index contributed by atoms with van der Waals surface area (Å²) in [7, 11) is -2.25. The Morgan fingerprint density at radius 2 is 1.95 bits per heavy atom. The maximum atomic E-state index is 12.3. The lowest BCUT2D eigenvalue weighted by atomic mass is 10.2. The van der Waals surface area contributed by atoms with Gasteiger partial charge in [-0.05, 0) is 38.1 Å². The normalized spacial score (nSPS) is 12.7. The molecule has 0 aliphatic rings. The molecule has 0 aromatic heterocycles. The Balaban J connectivity index is 2.95. The van der Waals surface area contributed by atoms with Crippen molar-refractivity contribution in [3.05, 3.63) is 29.8 Å². The van der Waals surface area contributed by atoms with E-state index in [0.29, 0.717) is 5.56 Å². The fraction of sp³-hybridized carbons (Fsp3) is 0.429. The monoisotopic (exact) mass is 310 g/mol. The number of nitrogens with zero attached hydrogens (tertiary/aromatic N) is 2. The van der Waals surface area contributed by atoms with E-state index in [4.69, 9.17) is 10.00 Å². The number of benzene rings is 1. The van der Waals surface area contributed by atoms with Crippen molar-refractivity contribution >= 4 is 16.0 Å². The molecule has 0 bridgehead atoms. The third-order valence-electron chi connectivity index (χ3n) is 2.82. The molecule has 0 N–H and O–H groups in total. The van der Waals surface area contributed by atoms with Crippen molar-refractivity contribution < 1.29 is 17.9 Å². The lowest BCUT2D eigenvalue weighted by molar-refractivity contribution is 0.0526. The first-order valence-electron chi connectivity index (χ1n) is 6.46. The van der Waals surface area contributed by atoms with Crippen LogP contribution in [-0.4, -0.2) is 38.9 Å². The first kappa shape index (κ1) is 17.1. The lowest BCUT2D eigenvalue weighted by Crippen LogP contribution is -2.30. The lowest BCUT2D eigenvalue weighted by Gasteiger charge is -2.18. The van der Waals surface area contributed by atoms with Crippen LogP contribution >= 0.6 is 0 Å². The minimum absolute atomic E-state index is 0.0724. The van der Waals surface area contributed by atoms with E-state index in [0.717, 1.165) is 4.31 Å². The molecule has 0 fully saturated rings. The maximum Gasteiger partial charge on any atom is 0.338 e. The fourth-order valence-corrected chi connectivity index (χ4v) is 2.94. The molecule has 0 heterocycles. The molecular weight excluding hydrogens is 292 g/mol. The van der Waals surface area contributed by atoms with E-state index in [9.17, 15) is 13.2 Å². The van der Waals surface area contributed by atoms with Gasteiger partial charge in [0.05, 0.1) is 29.1 Å². The number of carbonyl (C=O) groups excluding carboxylic acids is 1. The van der Waals surface area contributed by atoms with Gasteiger partial charge < -0.3 is 4.74 Å². The molecule has 1 unspecified atom stereocenters. The Kier molecular flexibility index (Phi) is 5.88. The molecule has 0 aliphatic carbocycles. The zero-order chi connectivity index (χ0) is 16.0. The molecule has 0 amide bonds. The summed E-state index contributed by atoms with van der Waals surface area (Å²) in [5.41, 5.74) is 0.295. The van der Waals surface area contributed by atoms with Gasteiger partial charge in [0.1, 0.15) is 0 Å². The molecule has 6 nitrogen and oxygen atoms in total. The molecule has 1 atom stereocenters. The Labute approximate surface area is 125 Å². The first-order chi connectivity index (χ1) is 9.82. The summed E-state index contributed by atoms with van der Waals surface area (Å²) in [6.45, 7) is 3.71. The van der Waals surface area contributed by atoms with Gasteiger partial charge in [0.15, 0.2) is 0 Å². The van der Waals surface area contributed by atoms with E-state index < -0.39 is 21.9 Å². The summed E-state index contributed by atoms with van der Waals surface area (Å²) < 4.78 is 30.5. The summed E-state index contributed by atoms with van der Waals surface area (Å²) in [4.78, 5) is 11.6. The predicted molar refractivity (Wildman–Crippen MR) is 77.0 cm³/mol. The predicted octanol–water partition coefficient (Wildman–Crippen LogP) is 1.64. The Morgan fingerprint density at radius 1 is 1.38 bits per heavy atom. The van der Waals surface area contributed by atoms with E-state index in [2.05, 4.69) is 0 Å². The summed E-state index contributed by atoms with van der Waals surface area (Å²) in [5.74, 6) is -0.892. The number of hydrogen-bond donors (Lipinski definition) is 0. The van der Waals surface area contributed by atoms with E-state index in [1.165, 1.54) is 31.3 Å². The van der Waals surface area contributed by atoms with E-state index in [1.54, 1.807) is 13.8 Å². The van der Waals surface area contributed by atoms with Crippen molar-refractivity contribution in [3.8, 4) is 6.07 Å². The Hall–Kier alpha value is -1.91. The number of esters is 1. The van der Waals surface area contributed by atoms with Crippen LogP contribution in [0, 0.1) is 17.2 Å². The van der Waals surface area contributed by atoms with Crippen molar-refractivity contribution in [3.63, 3.8) is 0 Å². The zero-order valence-corrected chi connectivity index (χ0v) is 13.1. The summed E-state index contributed by atoms with van der Waals surface area (Å²) in [5, 5.41) is 8.75. The van der Waals surface area contributed by atoms with E-state index >= 15 is 0 Å². The molecule has 1 aromatic rings. The van der Waals surface area contributed by atoms with Crippen LogP contribution in [0.2, 0.25) is 0 Å². The summed E-state index contributed by atoms with van der Waals surface area (Å²) in [6, 6.07) is 7.52. The third kappa shape index (κ3) is 4.28. The molecule has 0 aliphatic heterocycles. The average Bonchev–Trinajstić information content (AvgIpc) is 2.47. The zero-order valence-electron chi connectivity index (χ0n) is 12.2. The smallest absolute Gasteiger partial charge is 0.338 e. The second-order valence-electron chi connectivity index (χ2n) is 4.56. The highest BCUT2D eigenvalue weighted by molar-refractivity contribution is 7.89. The molecule has 0 saturated heterocycles. The van der Waals surface area contributed by atoms with Crippen LogP contribution in [0.15, 0.2) is 29.2 Å². The van der Waals surface area contributed by atoms with E-state index in [-0.39, 0.29) is 18.0 Å². The van der Waals surface area contributed by atoms with Crippen LogP contribution in [0.5, 0.6) is 0 Å². The van der Waals surface area contributed by atoms with Crippen LogP contribution < -0.4 is 0 Å². The van der Waals surface area contributed by atoms with Crippen molar-refractivity contribution in [2.75, 3.05) is 20.2 Å². The van der Waals surface area contributed by atoms with E-state index in [1.807, 2.05) is 6.07 Å². The quantitative estimate of drug-likeness (QED) is 0.745. The van der Waals surface area contributed by atoms with Crippen molar-refractivity contribution in [1.29, 1.82) is 5.26 Å². The maximum absolute atomic E-state index is 12.3. The van der Waals surface area contributed by atoms with Gasteiger partial charge in [-0.3, -0.25) is 0 Å². The Bertz CT molecular complexity index is 632. The van der Waals surface area contributed by atoms with Crippen LogP contribution in [-0.2, 0) is 14.8 Å². The SMILES string of the molecule is CCOC(=O)c1ccc(S(=O)(=O)N(C)CC(C)C#N)cc1. The molecule has 7 heteroatoms. The van der Waals surface area contributed by atoms with Gasteiger partial charge in [-0.1, -0.05) is 0 Å². The molecule has 1 rings (SSSR count). The number of carbonyl (C=O) groups is 1. The summed E-state index contributed by atoms with van der Waals surface area (Å²) >= 11 is 0. The van der Waals surface area contributed by atoms with Crippen LogP contribution in [0.4, 0.5) is 0 Å². The second kappa shape index (κ2) is 7.20. The Morgan fingerprint density at radius 3 is 2.43 bits per heavy atom. The van der Waals surface area contributed by atoms with Crippen LogP contribution in [0.1, 0.15) is 24.2 Å². The van der Waals surface area contributed by atoms with Crippen molar-refractivity contribution in [2.45, 2.75) is 18.7 Å². The second-order valence-corrected chi connectivity index (χ2v) is 6.61. The molecule has 114 valence electrons. The van der Waals surface area contributed by atoms with Gasteiger partial charge in [0.2, 0.25) is 10.0 Å². The van der Waals surface area contributed by atoms with Crippen LogP contribution in [0.25, 0.3) is 0 Å². The fourth-order valence-electron chi connectivity index (χ4n) is 1.68. The highest BCUT2D eigenvalue weighted by atomic mass is 32.2. The van der Waals surface area contributed by atoms with Gasteiger partial charge in [0.25, 0.3) is 0 Å². The van der Waals surface area contributed by atoms with Crippen molar-refractivity contribution in [1.82, 2.24) is 4.31 Å². The number of ether oxygens (including phenoxy) is 1. The third-order valence-corrected chi connectivity index (χ3v) is 4.66. The minimum Gasteiger partial charge on any atom is -0.462 e. The molecule has 0 radical (unpaired) electrons. The molecule has 0 saturated carbocycles. The first-order valence-corrected chi connectivity index (χ1v) is 7.90. The molecule has 1 aromatic carbocycles. The number of nitriles is 1. The number of rotatable bonds is 6. The van der Waals surface area contributed by atoms with Crippen LogP contribution in [0.3, 0.4) is 0 Å². The molecule has 21 heavy (non-hydrogen) atoms. The highest BCUT2D eigenvalue weighted by Gasteiger charge is 2.22. The summed E-state index contributed by atoms with van der Waals surface area (Å²) in [6.07, 6.45) is 0.